The van der Waals surface area contributed by atoms with Gasteiger partial charge in [0.25, 0.3) is 0 Å². The van der Waals surface area contributed by atoms with Crippen LogP contribution in [-0.4, -0.2) is 43.8 Å². The predicted octanol–water partition coefficient (Wildman–Crippen LogP) is 1.53. The Labute approximate surface area is 117 Å². The van der Waals surface area contributed by atoms with Crippen LogP contribution in [0.1, 0.15) is 35.6 Å². The largest absolute Gasteiger partial charge is 0.343 e. The van der Waals surface area contributed by atoms with E-state index in [1.807, 2.05) is 18.7 Å². The second kappa shape index (κ2) is 5.58. The number of aldehydes is 1. The maximum Gasteiger partial charge on any atom is 0.186 e. The van der Waals surface area contributed by atoms with E-state index in [1.165, 1.54) is 11.3 Å². The third kappa shape index (κ3) is 3.14. The summed E-state index contributed by atoms with van der Waals surface area (Å²) >= 11 is 1.36. The molecule has 0 aliphatic carbocycles. The molecule has 2 rings (SSSR count). The van der Waals surface area contributed by atoms with Crippen LogP contribution < -0.4 is 4.90 Å². The first kappa shape index (κ1) is 14.5. The number of anilines is 1. The van der Waals surface area contributed by atoms with E-state index in [1.54, 1.807) is 0 Å². The van der Waals surface area contributed by atoms with E-state index >= 15 is 0 Å². The molecule has 1 saturated heterocycles. The van der Waals surface area contributed by atoms with E-state index in [2.05, 4.69) is 4.98 Å². The minimum atomic E-state index is -2.93. The van der Waals surface area contributed by atoms with Crippen LogP contribution in [0.3, 0.4) is 0 Å². The molecule has 0 aromatic carbocycles. The van der Waals surface area contributed by atoms with Gasteiger partial charge >= 0.3 is 0 Å². The number of carbonyl (C=O) groups is 1. The van der Waals surface area contributed by atoms with Gasteiger partial charge in [0.05, 0.1) is 22.1 Å². The van der Waals surface area contributed by atoms with Gasteiger partial charge in [0.1, 0.15) is 0 Å². The Balaban J connectivity index is 2.25. The average molecular weight is 302 g/mol. The monoisotopic (exact) mass is 302 g/mol. The Hall–Kier alpha value is -0.950. The molecule has 0 amide bonds. The van der Waals surface area contributed by atoms with E-state index in [0.717, 1.165) is 30.0 Å². The summed E-state index contributed by atoms with van der Waals surface area (Å²) in [4.78, 5) is 18.2. The maximum atomic E-state index is 11.6. The molecule has 0 bridgehead atoms. The highest BCUT2D eigenvalue weighted by atomic mass is 32.2. The molecule has 0 N–H and O–H groups in total. The van der Waals surface area contributed by atoms with Gasteiger partial charge in [-0.05, 0) is 13.3 Å². The summed E-state index contributed by atoms with van der Waals surface area (Å²) in [7, 11) is -2.93. The summed E-state index contributed by atoms with van der Waals surface area (Å²) in [6.07, 6.45) is 2.57. The fraction of sp³-hybridized carbons (Fsp3) is 0.667. The lowest BCUT2D eigenvalue weighted by Crippen LogP contribution is -2.47. The molecule has 7 heteroatoms. The maximum absolute atomic E-state index is 11.6. The molecule has 1 aliphatic rings. The lowest BCUT2D eigenvalue weighted by molar-refractivity contribution is 0.112. The highest BCUT2D eigenvalue weighted by Crippen LogP contribution is 2.29. The lowest BCUT2D eigenvalue weighted by atomic mass is 10.2. The van der Waals surface area contributed by atoms with Crippen molar-refractivity contribution in [3.8, 4) is 0 Å². The van der Waals surface area contributed by atoms with E-state index < -0.39 is 9.84 Å². The number of rotatable bonds is 4. The Bertz CT molecular complexity index is 566. The molecule has 0 saturated carbocycles. The van der Waals surface area contributed by atoms with Gasteiger partial charge in [-0.1, -0.05) is 24.7 Å². The van der Waals surface area contributed by atoms with Crippen molar-refractivity contribution in [2.45, 2.75) is 32.7 Å². The van der Waals surface area contributed by atoms with Gasteiger partial charge in [-0.25, -0.2) is 13.4 Å². The smallest absolute Gasteiger partial charge is 0.186 e. The number of aryl methyl sites for hydroxylation is 1. The molecule has 1 unspecified atom stereocenters. The normalized spacial score (nSPS) is 22.4. The zero-order valence-corrected chi connectivity index (χ0v) is 12.8. The molecule has 1 aromatic heterocycles. The molecule has 19 heavy (non-hydrogen) atoms. The summed E-state index contributed by atoms with van der Waals surface area (Å²) in [6.45, 7) is 4.39. The van der Waals surface area contributed by atoms with Crippen LogP contribution in [-0.2, 0) is 16.3 Å². The fourth-order valence-corrected chi connectivity index (χ4v) is 4.88. The van der Waals surface area contributed by atoms with Crippen molar-refractivity contribution in [1.82, 2.24) is 4.98 Å². The molecule has 106 valence electrons. The highest BCUT2D eigenvalue weighted by molar-refractivity contribution is 7.91. The van der Waals surface area contributed by atoms with Crippen LogP contribution in [0.15, 0.2) is 0 Å². The summed E-state index contributed by atoms with van der Waals surface area (Å²) < 4.78 is 23.1. The first-order valence-electron chi connectivity index (χ1n) is 6.38. The summed E-state index contributed by atoms with van der Waals surface area (Å²) in [6, 6.07) is -0.0844. The fourth-order valence-electron chi connectivity index (χ4n) is 2.26. The number of hydrogen-bond acceptors (Lipinski definition) is 6. The van der Waals surface area contributed by atoms with Gasteiger partial charge in [-0.2, -0.15) is 0 Å². The molecule has 5 nitrogen and oxygen atoms in total. The molecule has 2 heterocycles. The number of thiazole rings is 1. The summed E-state index contributed by atoms with van der Waals surface area (Å²) in [5.41, 5.74) is 0.832. The van der Waals surface area contributed by atoms with Crippen molar-refractivity contribution in [1.29, 1.82) is 0 Å². The van der Waals surface area contributed by atoms with Crippen LogP contribution >= 0.6 is 11.3 Å². The number of hydrogen-bond donors (Lipinski definition) is 0. The van der Waals surface area contributed by atoms with Gasteiger partial charge < -0.3 is 4.90 Å². The van der Waals surface area contributed by atoms with E-state index in [-0.39, 0.29) is 17.5 Å². The van der Waals surface area contributed by atoms with Crippen LogP contribution in [0.4, 0.5) is 5.13 Å². The van der Waals surface area contributed by atoms with Crippen molar-refractivity contribution in [2.24, 2.45) is 0 Å². The second-order valence-electron chi connectivity index (χ2n) is 4.83. The Morgan fingerprint density at radius 3 is 2.84 bits per heavy atom. The van der Waals surface area contributed by atoms with Crippen molar-refractivity contribution in [3.63, 3.8) is 0 Å². The minimum absolute atomic E-state index is 0.0844. The van der Waals surface area contributed by atoms with E-state index in [0.29, 0.717) is 11.4 Å². The SMILES string of the molecule is CCCc1nc(N2CCS(=O)(=O)CC2C)sc1C=O. The van der Waals surface area contributed by atoms with Crippen molar-refractivity contribution < 1.29 is 13.2 Å². The van der Waals surface area contributed by atoms with Gasteiger partial charge in [-0.15, -0.1) is 0 Å². The van der Waals surface area contributed by atoms with Gasteiger partial charge in [0, 0.05) is 12.6 Å². The third-order valence-corrected chi connectivity index (χ3v) is 6.08. The van der Waals surface area contributed by atoms with Crippen LogP contribution in [0.2, 0.25) is 0 Å². The molecule has 1 aromatic rings. The number of aromatic nitrogens is 1. The van der Waals surface area contributed by atoms with Crippen LogP contribution in [0.25, 0.3) is 0 Å². The average Bonchev–Trinajstić information content (AvgIpc) is 2.71. The van der Waals surface area contributed by atoms with Crippen molar-refractivity contribution in [3.05, 3.63) is 10.6 Å². The zero-order chi connectivity index (χ0) is 14.0. The predicted molar refractivity (Wildman–Crippen MR) is 77.0 cm³/mol. The number of nitrogens with zero attached hydrogens (tertiary/aromatic N) is 2. The first-order valence-corrected chi connectivity index (χ1v) is 9.02. The van der Waals surface area contributed by atoms with Gasteiger partial charge in [0.2, 0.25) is 0 Å². The molecule has 0 radical (unpaired) electrons. The molecule has 1 aliphatic heterocycles. The third-order valence-electron chi connectivity index (χ3n) is 3.23. The van der Waals surface area contributed by atoms with E-state index in [4.69, 9.17) is 0 Å². The van der Waals surface area contributed by atoms with Crippen LogP contribution in [0.5, 0.6) is 0 Å². The summed E-state index contributed by atoms with van der Waals surface area (Å²) in [5.74, 6) is 0.322. The van der Waals surface area contributed by atoms with Gasteiger partial charge in [-0.3, -0.25) is 4.79 Å². The number of sulfone groups is 1. The Morgan fingerprint density at radius 1 is 1.53 bits per heavy atom. The summed E-state index contributed by atoms with van der Waals surface area (Å²) in [5, 5.41) is 0.771. The molecule has 1 atom stereocenters. The highest BCUT2D eigenvalue weighted by Gasteiger charge is 2.30. The Morgan fingerprint density at radius 2 is 2.26 bits per heavy atom. The van der Waals surface area contributed by atoms with Crippen LogP contribution in [0, 0.1) is 0 Å². The van der Waals surface area contributed by atoms with Gasteiger partial charge in [0.15, 0.2) is 21.3 Å². The molecular formula is C12H18N2O3S2. The first-order chi connectivity index (χ1) is 8.96. The topological polar surface area (TPSA) is 67.3 Å². The minimum Gasteiger partial charge on any atom is -0.343 e. The molecular weight excluding hydrogens is 284 g/mol. The van der Waals surface area contributed by atoms with Crippen molar-refractivity contribution in [2.75, 3.05) is 23.0 Å². The van der Waals surface area contributed by atoms with E-state index in [9.17, 15) is 13.2 Å². The van der Waals surface area contributed by atoms with Crippen molar-refractivity contribution >= 4 is 32.6 Å². The Kier molecular flexibility index (Phi) is 4.25. The zero-order valence-electron chi connectivity index (χ0n) is 11.1. The molecule has 0 spiro atoms. The lowest BCUT2D eigenvalue weighted by Gasteiger charge is -2.32. The quantitative estimate of drug-likeness (QED) is 0.789. The number of carbonyl (C=O) groups excluding carboxylic acids is 1. The second-order valence-corrected chi connectivity index (χ2v) is 8.07. The molecule has 1 fully saturated rings. The standard InChI is InChI=1S/C12H18N2O3S2/c1-3-4-10-11(7-15)18-12(13-10)14-5-6-19(16,17)8-9(14)2/h7,9H,3-6,8H2,1-2H3.